The second-order valence-corrected chi connectivity index (χ2v) is 17.6. The number of esters is 2. The fourth-order valence-corrected chi connectivity index (χ4v) is 8.41. The largest absolute Gasteiger partial charge is 0.478 e. The molecule has 3 amide bonds. The van der Waals surface area contributed by atoms with Gasteiger partial charge in [-0.05, 0) is 128 Å². The summed E-state index contributed by atoms with van der Waals surface area (Å²) < 4.78 is 9.66. The zero-order valence-corrected chi connectivity index (χ0v) is 43.0. The molecule has 6 rings (SSSR count). The number of aromatic carboxylic acids is 1. The highest BCUT2D eigenvalue weighted by atomic mass is 35.5. The molecule has 2 unspecified atom stereocenters. The molecule has 0 bridgehead atoms. The average Bonchev–Trinajstić information content (AvgIpc) is 3.34. The Labute approximate surface area is 426 Å². The first-order chi connectivity index (χ1) is 33.8. The van der Waals surface area contributed by atoms with Gasteiger partial charge in [0.05, 0.1) is 46.9 Å². The lowest BCUT2D eigenvalue weighted by Gasteiger charge is -2.19. The molecule has 12 nitrogen and oxygen atoms in total. The Hall–Kier alpha value is -7.28. The van der Waals surface area contributed by atoms with Crippen molar-refractivity contribution in [3.63, 3.8) is 0 Å². The van der Waals surface area contributed by atoms with Crippen LogP contribution in [0.4, 0.5) is 11.4 Å². The summed E-state index contributed by atoms with van der Waals surface area (Å²) in [5, 5.41) is 18.2. The number of hydrogen-bond acceptors (Lipinski definition) is 8. The van der Waals surface area contributed by atoms with Crippen LogP contribution in [-0.4, -0.2) is 61.0 Å². The quantitative estimate of drug-likeness (QED) is 0.0729. The third-order valence-electron chi connectivity index (χ3n) is 11.6. The number of hydrogen-bond donors (Lipinski definition) is 4. The number of aryl methyl sites for hydroxylation is 6. The molecule has 0 spiro atoms. The molecule has 6 aromatic rings. The number of carbonyl (C=O) groups excluding carboxylic acids is 5. The van der Waals surface area contributed by atoms with E-state index in [9.17, 15) is 28.8 Å². The van der Waals surface area contributed by atoms with Gasteiger partial charge in [0.15, 0.2) is 0 Å². The smallest absolute Gasteiger partial charge is 0.336 e. The van der Waals surface area contributed by atoms with Crippen LogP contribution in [0.2, 0.25) is 10.0 Å². The summed E-state index contributed by atoms with van der Waals surface area (Å²) in [6.45, 7) is 13.1. The number of nitrogens with one attached hydrogen (secondary N) is 3. The van der Waals surface area contributed by atoms with Crippen LogP contribution in [0.25, 0.3) is 0 Å². The Morgan fingerprint density at radius 3 is 1.27 bits per heavy atom. The first-order valence-corrected chi connectivity index (χ1v) is 23.8. The van der Waals surface area contributed by atoms with E-state index in [2.05, 4.69) is 16.0 Å². The van der Waals surface area contributed by atoms with Crippen LogP contribution in [0.15, 0.2) is 121 Å². The molecule has 0 fully saturated rings. The van der Waals surface area contributed by atoms with Gasteiger partial charge in [0.2, 0.25) is 0 Å². The van der Waals surface area contributed by atoms with Crippen molar-refractivity contribution >= 4 is 70.2 Å². The standard InChI is InChI=1S/C28H29ClN2O4.C19H20ClNO3.C10H12O2/c1-5-20-10-6-8-17(2)24(20)26(32)31-23(28(34)35-4)16-19-12-14-21(15-13-19)30-27(33)25-18(3)9-7-11-22(25)29;1-12-5-4-6-16(20)17(12)18(22)21-15-9-7-14(8-10-15)11-13(2)19(23)24-3;1-3-8-6-4-5-7(2)9(8)10(11)12/h6-15,23H,5,16H2,1-4H3,(H,30,33)(H,31,32);4-10,13H,11H2,1-3H3,(H,21,22);4-6H,3H2,1-2H3,(H,11,12). The third-order valence-corrected chi connectivity index (χ3v) is 12.2. The Balaban J connectivity index is 0.000000261. The van der Waals surface area contributed by atoms with Gasteiger partial charge in [-0.3, -0.25) is 19.2 Å². The Kier molecular flexibility index (Phi) is 21.6. The van der Waals surface area contributed by atoms with Crippen molar-refractivity contribution in [3.8, 4) is 0 Å². The number of methoxy groups -OCH3 is 2. The molecule has 71 heavy (non-hydrogen) atoms. The van der Waals surface area contributed by atoms with Crippen LogP contribution in [0, 0.1) is 33.6 Å². The van der Waals surface area contributed by atoms with Gasteiger partial charge in [-0.2, -0.15) is 0 Å². The van der Waals surface area contributed by atoms with Crippen LogP contribution in [0.3, 0.4) is 0 Å². The number of halogens is 2. The first-order valence-electron chi connectivity index (χ1n) is 23.0. The van der Waals surface area contributed by atoms with Gasteiger partial charge < -0.3 is 30.5 Å². The number of rotatable bonds is 15. The summed E-state index contributed by atoms with van der Waals surface area (Å²) >= 11 is 12.3. The van der Waals surface area contributed by atoms with Crippen molar-refractivity contribution in [2.75, 3.05) is 24.9 Å². The molecular weight excluding hydrogens is 942 g/mol. The van der Waals surface area contributed by atoms with E-state index < -0.39 is 18.0 Å². The van der Waals surface area contributed by atoms with Gasteiger partial charge in [-0.25, -0.2) is 9.59 Å². The topological polar surface area (TPSA) is 177 Å². The van der Waals surface area contributed by atoms with Crippen LogP contribution in [0.5, 0.6) is 0 Å². The van der Waals surface area contributed by atoms with Crippen molar-refractivity contribution in [1.29, 1.82) is 0 Å². The molecule has 0 heterocycles. The molecule has 6 aromatic carbocycles. The maximum atomic E-state index is 13.1. The number of amides is 3. The molecule has 0 radical (unpaired) electrons. The molecule has 0 aliphatic rings. The van der Waals surface area contributed by atoms with Crippen molar-refractivity contribution in [3.05, 3.63) is 198 Å². The highest BCUT2D eigenvalue weighted by molar-refractivity contribution is 6.35. The van der Waals surface area contributed by atoms with Crippen molar-refractivity contribution in [1.82, 2.24) is 5.32 Å². The SMILES string of the molecule is CCc1cccc(C)c1C(=O)NC(Cc1ccc(NC(=O)c2c(C)cccc2Cl)cc1)C(=O)OC.CCc1cccc(C)c1C(=O)O.COC(=O)C(C)Cc1ccc(NC(=O)c2c(C)cccc2Cl)cc1. The second-order valence-electron chi connectivity index (χ2n) is 16.8. The molecule has 0 aliphatic heterocycles. The van der Waals surface area contributed by atoms with Crippen LogP contribution >= 0.6 is 23.2 Å². The molecular formula is C57H61Cl2N3O9. The lowest BCUT2D eigenvalue weighted by atomic mass is 9.98. The van der Waals surface area contributed by atoms with E-state index in [4.69, 9.17) is 37.8 Å². The second kappa shape index (κ2) is 27.2. The predicted octanol–water partition coefficient (Wildman–Crippen LogP) is 11.8. The van der Waals surface area contributed by atoms with Gasteiger partial charge in [0.1, 0.15) is 6.04 Å². The third kappa shape index (κ3) is 15.9. The van der Waals surface area contributed by atoms with Crippen LogP contribution < -0.4 is 16.0 Å². The van der Waals surface area contributed by atoms with Gasteiger partial charge in [0, 0.05) is 23.4 Å². The number of carboxylic acid groups (broad SMARTS) is 1. The van der Waals surface area contributed by atoms with Gasteiger partial charge in [-0.1, -0.05) is 129 Å². The lowest BCUT2D eigenvalue weighted by Crippen LogP contribution is -2.43. The van der Waals surface area contributed by atoms with E-state index in [1.807, 2.05) is 127 Å². The van der Waals surface area contributed by atoms with Crippen molar-refractivity contribution in [2.45, 2.75) is 80.2 Å². The average molecular weight is 1000 g/mol. The van der Waals surface area contributed by atoms with Crippen LogP contribution in [0.1, 0.15) is 107 Å². The summed E-state index contributed by atoms with van der Waals surface area (Å²) in [7, 11) is 2.68. The summed E-state index contributed by atoms with van der Waals surface area (Å²) in [6.07, 6.45) is 2.30. The molecule has 2 atom stereocenters. The van der Waals surface area contributed by atoms with E-state index >= 15 is 0 Å². The number of ether oxygens (including phenoxy) is 2. The van der Waals surface area contributed by atoms with Crippen molar-refractivity contribution in [2.24, 2.45) is 5.92 Å². The first kappa shape index (κ1) is 56.3. The van der Waals surface area contributed by atoms with E-state index in [1.165, 1.54) is 14.2 Å². The highest BCUT2D eigenvalue weighted by Crippen LogP contribution is 2.24. The normalized spacial score (nSPS) is 11.3. The number of carboxylic acids is 1. The fourth-order valence-electron chi connectivity index (χ4n) is 7.79. The minimum atomic E-state index is -0.858. The molecule has 0 aromatic heterocycles. The number of benzene rings is 6. The van der Waals surface area contributed by atoms with Crippen LogP contribution in [-0.2, 0) is 44.7 Å². The predicted molar refractivity (Wildman–Crippen MR) is 281 cm³/mol. The molecule has 0 aliphatic carbocycles. The Bertz CT molecular complexity index is 2810. The van der Waals surface area contributed by atoms with E-state index in [0.29, 0.717) is 56.5 Å². The maximum absolute atomic E-state index is 13.1. The summed E-state index contributed by atoms with van der Waals surface area (Å²) in [4.78, 5) is 72.8. The van der Waals surface area contributed by atoms with Gasteiger partial charge >= 0.3 is 17.9 Å². The van der Waals surface area contributed by atoms with E-state index in [-0.39, 0.29) is 36.0 Å². The minimum Gasteiger partial charge on any atom is -0.478 e. The monoisotopic (exact) mass is 1000 g/mol. The summed E-state index contributed by atoms with van der Waals surface area (Å²) in [6, 6.07) is 35.5. The lowest BCUT2D eigenvalue weighted by molar-refractivity contribution is -0.145. The summed E-state index contributed by atoms with van der Waals surface area (Å²) in [5.74, 6) is -2.65. The van der Waals surface area contributed by atoms with Crippen molar-refractivity contribution < 1.29 is 43.3 Å². The zero-order chi connectivity index (χ0) is 52.4. The van der Waals surface area contributed by atoms with E-state index in [1.54, 1.807) is 42.5 Å². The summed E-state index contributed by atoms with van der Waals surface area (Å²) in [5.41, 5.74) is 10.1. The van der Waals surface area contributed by atoms with Gasteiger partial charge in [0.25, 0.3) is 17.7 Å². The molecule has 0 saturated carbocycles. The van der Waals surface area contributed by atoms with E-state index in [0.717, 1.165) is 50.9 Å². The molecule has 14 heteroatoms. The van der Waals surface area contributed by atoms with Gasteiger partial charge in [-0.15, -0.1) is 0 Å². The minimum absolute atomic E-state index is 0.207. The molecule has 4 N–H and O–H groups in total. The number of carbonyl (C=O) groups is 6. The molecule has 0 saturated heterocycles. The Morgan fingerprint density at radius 2 is 0.887 bits per heavy atom. The fraction of sp³-hybridized carbons (Fsp3) is 0.263. The molecule has 372 valence electrons. The highest BCUT2D eigenvalue weighted by Gasteiger charge is 2.25. The number of anilines is 2. The Morgan fingerprint density at radius 1 is 0.507 bits per heavy atom. The zero-order valence-electron chi connectivity index (χ0n) is 41.5. The maximum Gasteiger partial charge on any atom is 0.336 e.